The van der Waals surface area contributed by atoms with Gasteiger partial charge in [0, 0.05) is 12.8 Å². The highest BCUT2D eigenvalue weighted by atomic mass is 16.5. The summed E-state index contributed by atoms with van der Waals surface area (Å²) in [5, 5.41) is 4.94. The number of ether oxygens (including phenoxy) is 1. The molecule has 0 aliphatic carbocycles. The van der Waals surface area contributed by atoms with E-state index in [1.54, 1.807) is 0 Å². The molecule has 0 amide bonds. The van der Waals surface area contributed by atoms with E-state index in [1.807, 2.05) is 6.92 Å². The Morgan fingerprint density at radius 3 is 2.10 bits per heavy atom. The number of benzene rings is 3. The maximum Gasteiger partial charge on any atom is 0.305 e. The van der Waals surface area contributed by atoms with Crippen LogP contribution in [-0.4, -0.2) is 12.6 Å². The average molecular weight is 278 g/mol. The van der Waals surface area contributed by atoms with Gasteiger partial charge in [-0.1, -0.05) is 55.5 Å². The van der Waals surface area contributed by atoms with Gasteiger partial charge in [0.05, 0.1) is 6.61 Å². The highest BCUT2D eigenvalue weighted by Gasteiger charge is 2.08. The highest BCUT2D eigenvalue weighted by Crippen LogP contribution is 2.28. The molecule has 3 aromatic carbocycles. The van der Waals surface area contributed by atoms with Crippen LogP contribution in [0.4, 0.5) is 0 Å². The Hall–Kier alpha value is -2.35. The first-order chi connectivity index (χ1) is 10.3. The zero-order valence-electron chi connectivity index (χ0n) is 12.1. The van der Waals surface area contributed by atoms with Crippen LogP contribution in [0.3, 0.4) is 0 Å². The van der Waals surface area contributed by atoms with Crippen LogP contribution in [0, 0.1) is 0 Å². The van der Waals surface area contributed by atoms with E-state index in [1.165, 1.54) is 27.1 Å². The molecule has 0 heterocycles. The van der Waals surface area contributed by atoms with Crippen molar-refractivity contribution >= 4 is 27.5 Å². The number of carbonyl (C=O) groups excluding carboxylic acids is 1. The minimum Gasteiger partial charge on any atom is -0.465 e. The highest BCUT2D eigenvalue weighted by molar-refractivity contribution is 6.02. The van der Waals surface area contributed by atoms with Gasteiger partial charge in [-0.25, -0.2) is 0 Å². The zero-order valence-corrected chi connectivity index (χ0v) is 12.1. The lowest BCUT2D eigenvalue weighted by Crippen LogP contribution is -2.06. The van der Waals surface area contributed by atoms with Crippen molar-refractivity contribution in [1.82, 2.24) is 0 Å². The number of esters is 1. The van der Waals surface area contributed by atoms with Gasteiger partial charge in [-0.15, -0.1) is 0 Å². The summed E-state index contributed by atoms with van der Waals surface area (Å²) in [6.07, 6.45) is 1.17. The Kier molecular flexibility index (Phi) is 3.87. The van der Waals surface area contributed by atoms with E-state index in [-0.39, 0.29) is 5.97 Å². The second-order valence-electron chi connectivity index (χ2n) is 5.12. The van der Waals surface area contributed by atoms with Gasteiger partial charge < -0.3 is 4.74 Å². The standard InChI is InChI=1S/C19H18O2/c1-2-19(20)21-12-11-18-16-9-5-3-7-14(16)13-15-8-4-6-10-17(15)18/h3-10,13H,2,11-12H2,1H3. The Morgan fingerprint density at radius 2 is 1.52 bits per heavy atom. The number of carbonyl (C=O) groups is 1. The molecule has 0 N–H and O–H groups in total. The van der Waals surface area contributed by atoms with Crippen molar-refractivity contribution in [2.45, 2.75) is 19.8 Å². The van der Waals surface area contributed by atoms with E-state index in [0.29, 0.717) is 13.0 Å². The van der Waals surface area contributed by atoms with Gasteiger partial charge in [-0.3, -0.25) is 4.79 Å². The minimum atomic E-state index is -0.139. The van der Waals surface area contributed by atoms with Crippen molar-refractivity contribution in [2.75, 3.05) is 6.61 Å². The Morgan fingerprint density at radius 1 is 0.952 bits per heavy atom. The van der Waals surface area contributed by atoms with E-state index in [2.05, 4.69) is 54.6 Å². The third-order valence-corrected chi connectivity index (χ3v) is 3.79. The third kappa shape index (κ3) is 2.75. The van der Waals surface area contributed by atoms with E-state index in [9.17, 15) is 4.79 Å². The van der Waals surface area contributed by atoms with Crippen LogP contribution in [-0.2, 0) is 16.0 Å². The normalized spacial score (nSPS) is 10.9. The van der Waals surface area contributed by atoms with Gasteiger partial charge in [-0.05, 0) is 33.2 Å². The largest absolute Gasteiger partial charge is 0.465 e. The Balaban J connectivity index is 2.05. The van der Waals surface area contributed by atoms with Crippen LogP contribution < -0.4 is 0 Å². The van der Waals surface area contributed by atoms with Crippen molar-refractivity contribution in [3.8, 4) is 0 Å². The number of rotatable bonds is 4. The van der Waals surface area contributed by atoms with Crippen LogP contribution in [0.5, 0.6) is 0 Å². The molecule has 3 rings (SSSR count). The minimum absolute atomic E-state index is 0.139. The summed E-state index contributed by atoms with van der Waals surface area (Å²) in [5.41, 5.74) is 1.26. The topological polar surface area (TPSA) is 26.3 Å². The van der Waals surface area contributed by atoms with E-state index >= 15 is 0 Å². The first kappa shape index (κ1) is 13.6. The van der Waals surface area contributed by atoms with E-state index in [4.69, 9.17) is 4.74 Å². The molecule has 0 bridgehead atoms. The molecule has 2 nitrogen and oxygen atoms in total. The van der Waals surface area contributed by atoms with Gasteiger partial charge in [0.1, 0.15) is 0 Å². The molecular formula is C19H18O2. The number of hydrogen-bond acceptors (Lipinski definition) is 2. The van der Waals surface area contributed by atoms with Crippen molar-refractivity contribution in [3.63, 3.8) is 0 Å². The molecule has 0 saturated heterocycles. The molecule has 106 valence electrons. The van der Waals surface area contributed by atoms with Gasteiger partial charge in [0.15, 0.2) is 0 Å². The quantitative estimate of drug-likeness (QED) is 0.519. The summed E-state index contributed by atoms with van der Waals surface area (Å²) in [5.74, 6) is -0.139. The molecule has 0 aliphatic rings. The second kappa shape index (κ2) is 5.96. The summed E-state index contributed by atoms with van der Waals surface area (Å²) in [6.45, 7) is 2.25. The van der Waals surface area contributed by atoms with Crippen molar-refractivity contribution in [2.24, 2.45) is 0 Å². The van der Waals surface area contributed by atoms with Gasteiger partial charge in [-0.2, -0.15) is 0 Å². The molecule has 0 radical (unpaired) electrons. The molecular weight excluding hydrogens is 260 g/mol. The lowest BCUT2D eigenvalue weighted by molar-refractivity contribution is -0.143. The molecule has 0 unspecified atom stereocenters. The molecule has 0 aromatic heterocycles. The lowest BCUT2D eigenvalue weighted by atomic mass is 9.95. The number of fused-ring (bicyclic) bond motifs is 2. The van der Waals surface area contributed by atoms with Crippen LogP contribution in [0.1, 0.15) is 18.9 Å². The van der Waals surface area contributed by atoms with Crippen molar-refractivity contribution in [1.29, 1.82) is 0 Å². The fourth-order valence-electron chi connectivity index (χ4n) is 2.75. The first-order valence-corrected chi connectivity index (χ1v) is 7.34. The van der Waals surface area contributed by atoms with Gasteiger partial charge in [0.25, 0.3) is 0 Å². The molecule has 0 aliphatic heterocycles. The molecule has 0 saturated carbocycles. The Bertz CT molecular complexity index is 736. The van der Waals surface area contributed by atoms with Crippen LogP contribution in [0.2, 0.25) is 0 Å². The van der Waals surface area contributed by atoms with Gasteiger partial charge >= 0.3 is 5.97 Å². The second-order valence-corrected chi connectivity index (χ2v) is 5.12. The summed E-state index contributed by atoms with van der Waals surface area (Å²) >= 11 is 0. The van der Waals surface area contributed by atoms with Crippen LogP contribution in [0.25, 0.3) is 21.5 Å². The first-order valence-electron chi connectivity index (χ1n) is 7.34. The molecule has 21 heavy (non-hydrogen) atoms. The summed E-state index contributed by atoms with van der Waals surface area (Å²) in [7, 11) is 0. The fraction of sp³-hybridized carbons (Fsp3) is 0.211. The fourth-order valence-corrected chi connectivity index (χ4v) is 2.75. The monoisotopic (exact) mass is 278 g/mol. The zero-order chi connectivity index (χ0) is 14.7. The Labute approximate surface area is 124 Å². The SMILES string of the molecule is CCC(=O)OCCc1c2ccccc2cc2ccccc12. The molecule has 0 atom stereocenters. The third-order valence-electron chi connectivity index (χ3n) is 3.79. The average Bonchev–Trinajstić information content (AvgIpc) is 2.54. The smallest absolute Gasteiger partial charge is 0.305 e. The van der Waals surface area contributed by atoms with Crippen molar-refractivity contribution < 1.29 is 9.53 Å². The van der Waals surface area contributed by atoms with E-state index in [0.717, 1.165) is 6.42 Å². The predicted octanol–water partition coefficient (Wildman–Crippen LogP) is 4.49. The van der Waals surface area contributed by atoms with Crippen LogP contribution >= 0.6 is 0 Å². The molecule has 3 aromatic rings. The predicted molar refractivity (Wildman–Crippen MR) is 86.4 cm³/mol. The van der Waals surface area contributed by atoms with Crippen LogP contribution in [0.15, 0.2) is 54.6 Å². The lowest BCUT2D eigenvalue weighted by Gasteiger charge is -2.11. The molecule has 2 heteroatoms. The molecule has 0 spiro atoms. The van der Waals surface area contributed by atoms with Crippen molar-refractivity contribution in [3.05, 3.63) is 60.2 Å². The summed E-state index contributed by atoms with van der Waals surface area (Å²) in [4.78, 5) is 11.3. The maximum atomic E-state index is 11.3. The van der Waals surface area contributed by atoms with E-state index < -0.39 is 0 Å². The van der Waals surface area contributed by atoms with Gasteiger partial charge in [0.2, 0.25) is 0 Å². The summed E-state index contributed by atoms with van der Waals surface area (Å²) < 4.78 is 5.25. The molecule has 0 fully saturated rings. The maximum absolute atomic E-state index is 11.3. The summed E-state index contributed by atoms with van der Waals surface area (Å²) in [6, 6.07) is 19.0. The number of hydrogen-bond donors (Lipinski definition) is 0.